The molecule has 1 radical (unpaired) electrons. The summed E-state index contributed by atoms with van der Waals surface area (Å²) in [7, 11) is 0. The fraction of sp³-hybridized carbons (Fsp3) is 0.320. The van der Waals surface area contributed by atoms with Crippen molar-refractivity contribution in [2.24, 2.45) is 5.41 Å². The van der Waals surface area contributed by atoms with Gasteiger partial charge in [-0.05, 0) is 42.9 Å². The number of carbonyl (C=O) groups excluding carboxylic acids is 2. The van der Waals surface area contributed by atoms with Gasteiger partial charge in [-0.1, -0.05) is 62.4 Å². The van der Waals surface area contributed by atoms with E-state index in [0.717, 1.165) is 22.5 Å². The van der Waals surface area contributed by atoms with Crippen molar-refractivity contribution in [2.75, 3.05) is 5.32 Å². The van der Waals surface area contributed by atoms with Crippen LogP contribution >= 0.6 is 0 Å². The number of carbonyl (C=O) groups is 2. The van der Waals surface area contributed by atoms with E-state index in [4.69, 9.17) is 0 Å². The molecule has 2 aromatic carbocycles. The minimum absolute atomic E-state index is 0.0782. The number of urea groups is 1. The van der Waals surface area contributed by atoms with Gasteiger partial charge in [0.1, 0.15) is 0 Å². The molecule has 2 amide bonds. The lowest BCUT2D eigenvalue weighted by atomic mass is 9.68. The van der Waals surface area contributed by atoms with E-state index in [1.807, 2.05) is 55.5 Å². The second-order valence-corrected chi connectivity index (χ2v) is 8.79. The lowest BCUT2D eigenvalue weighted by Crippen LogP contribution is -2.49. The van der Waals surface area contributed by atoms with Crippen molar-refractivity contribution in [1.82, 2.24) is 4.90 Å². The summed E-state index contributed by atoms with van der Waals surface area (Å²) < 4.78 is 0. The quantitative estimate of drug-likeness (QED) is 0.734. The fourth-order valence-corrected chi connectivity index (χ4v) is 4.53. The summed E-state index contributed by atoms with van der Waals surface area (Å²) in [5.74, 6) is 0.0661. The van der Waals surface area contributed by atoms with Gasteiger partial charge >= 0.3 is 6.03 Å². The normalized spacial score (nSPS) is 23.6. The van der Waals surface area contributed by atoms with Crippen LogP contribution in [0, 0.1) is 11.8 Å². The average molecular weight is 388 g/mol. The monoisotopic (exact) mass is 387 g/mol. The van der Waals surface area contributed by atoms with E-state index in [1.165, 1.54) is 0 Å². The van der Waals surface area contributed by atoms with E-state index in [-0.39, 0.29) is 29.2 Å². The number of nitrogens with one attached hydrogen (secondary N) is 1. The molecule has 2 unspecified atom stereocenters. The Morgan fingerprint density at radius 1 is 1.00 bits per heavy atom. The molecular weight excluding hydrogens is 360 g/mol. The van der Waals surface area contributed by atoms with E-state index in [9.17, 15) is 9.59 Å². The first-order valence-corrected chi connectivity index (χ1v) is 10.2. The van der Waals surface area contributed by atoms with E-state index >= 15 is 0 Å². The number of benzene rings is 2. The Morgan fingerprint density at radius 3 is 2.28 bits per heavy atom. The maximum Gasteiger partial charge on any atom is 0.326 e. The van der Waals surface area contributed by atoms with Gasteiger partial charge in [-0.2, -0.15) is 0 Å². The zero-order valence-corrected chi connectivity index (χ0v) is 17.2. The Balaban J connectivity index is 1.77. The number of rotatable bonds is 2. The number of Topliss-reactive ketones (excluding diaryl/α,β-unsaturated/α-hetero) is 1. The molecule has 0 saturated heterocycles. The summed E-state index contributed by atoms with van der Waals surface area (Å²) in [6, 6.07) is 19.2. The second kappa shape index (κ2) is 7.51. The highest BCUT2D eigenvalue weighted by Gasteiger charge is 2.45. The van der Waals surface area contributed by atoms with Gasteiger partial charge in [-0.15, -0.1) is 0 Å². The van der Waals surface area contributed by atoms with Gasteiger partial charge in [0, 0.05) is 35.3 Å². The second-order valence-electron chi connectivity index (χ2n) is 8.79. The molecule has 4 rings (SSSR count). The number of para-hydroxylation sites is 1. The third kappa shape index (κ3) is 3.84. The van der Waals surface area contributed by atoms with Gasteiger partial charge in [0.25, 0.3) is 0 Å². The summed E-state index contributed by atoms with van der Waals surface area (Å²) >= 11 is 0. The van der Waals surface area contributed by atoms with Crippen molar-refractivity contribution in [3.05, 3.63) is 83.9 Å². The number of hydrogen-bond donors (Lipinski definition) is 1. The highest BCUT2D eigenvalue weighted by molar-refractivity contribution is 6.01. The number of nitrogens with zero attached hydrogens (tertiary/aromatic N) is 1. The van der Waals surface area contributed by atoms with Gasteiger partial charge < -0.3 is 5.32 Å². The van der Waals surface area contributed by atoms with E-state index < -0.39 is 0 Å². The molecule has 4 nitrogen and oxygen atoms in total. The van der Waals surface area contributed by atoms with E-state index in [2.05, 4.69) is 37.7 Å². The van der Waals surface area contributed by atoms with Crippen LogP contribution in [0.1, 0.15) is 45.1 Å². The topological polar surface area (TPSA) is 49.4 Å². The van der Waals surface area contributed by atoms with Crippen molar-refractivity contribution in [3.8, 4) is 0 Å². The van der Waals surface area contributed by atoms with Gasteiger partial charge in [-0.3, -0.25) is 9.69 Å². The molecule has 0 fully saturated rings. The molecule has 2 aromatic rings. The fourth-order valence-electron chi connectivity index (χ4n) is 4.53. The Morgan fingerprint density at radius 2 is 1.62 bits per heavy atom. The zero-order chi connectivity index (χ0) is 20.6. The summed E-state index contributed by atoms with van der Waals surface area (Å²) in [6.07, 6.45) is 3.33. The predicted molar refractivity (Wildman–Crippen MR) is 115 cm³/mol. The molecule has 1 heterocycles. The molecule has 0 aromatic heterocycles. The Kier molecular flexibility index (Phi) is 5.03. The third-order valence-corrected chi connectivity index (χ3v) is 5.78. The molecule has 29 heavy (non-hydrogen) atoms. The van der Waals surface area contributed by atoms with Crippen LogP contribution in [-0.2, 0) is 4.79 Å². The van der Waals surface area contributed by atoms with E-state index in [1.54, 1.807) is 4.90 Å². The molecule has 1 N–H and O–H groups in total. The zero-order valence-electron chi connectivity index (χ0n) is 17.2. The summed E-state index contributed by atoms with van der Waals surface area (Å²) in [6.45, 7) is 6.22. The molecule has 0 spiro atoms. The smallest absolute Gasteiger partial charge is 0.308 e. The molecule has 4 heteroatoms. The largest absolute Gasteiger partial charge is 0.326 e. The maximum absolute atomic E-state index is 13.2. The molecule has 2 aliphatic rings. The maximum atomic E-state index is 13.2. The first-order valence-electron chi connectivity index (χ1n) is 10.2. The Labute approximate surface area is 172 Å². The van der Waals surface area contributed by atoms with Crippen LogP contribution in [-0.4, -0.2) is 22.8 Å². The van der Waals surface area contributed by atoms with Crippen LogP contribution in [0.25, 0.3) is 0 Å². The minimum Gasteiger partial charge on any atom is -0.308 e. The standard InChI is InChI=1S/C25H27N2O2/c1-17-14-20(18-10-6-4-7-11-18)23-21(15-25(2,3)16-22(23)28)27(17)24(29)26-19-12-8-5-9-13-19/h4-14,17,20H,15-16H2,1-3H3,(H,26,29). The molecule has 149 valence electrons. The number of anilines is 1. The van der Waals surface area contributed by atoms with Crippen molar-refractivity contribution in [1.29, 1.82) is 0 Å². The first-order chi connectivity index (χ1) is 13.9. The first kappa shape index (κ1) is 19.4. The molecule has 2 atom stereocenters. The van der Waals surface area contributed by atoms with Crippen LogP contribution in [0.4, 0.5) is 10.5 Å². The summed E-state index contributed by atoms with van der Waals surface area (Å²) in [4.78, 5) is 28.2. The van der Waals surface area contributed by atoms with Crippen LogP contribution < -0.4 is 5.32 Å². The third-order valence-electron chi connectivity index (χ3n) is 5.78. The highest BCUT2D eigenvalue weighted by Crippen LogP contribution is 2.47. The number of allylic oxidation sites excluding steroid dienone is 2. The van der Waals surface area contributed by atoms with Crippen LogP contribution in [0.2, 0.25) is 0 Å². The number of amides is 2. The summed E-state index contributed by atoms with van der Waals surface area (Å²) in [5, 5.41) is 2.99. The van der Waals surface area contributed by atoms with Crippen LogP contribution in [0.15, 0.2) is 71.9 Å². The van der Waals surface area contributed by atoms with Gasteiger partial charge in [-0.25, -0.2) is 4.79 Å². The SMILES string of the molecule is CC1[CH]C(c2ccccc2)C2=C(CC(C)(C)CC2=O)N1C(=O)Nc1ccccc1. The van der Waals surface area contributed by atoms with Crippen LogP contribution in [0.5, 0.6) is 0 Å². The van der Waals surface area contributed by atoms with Crippen molar-refractivity contribution in [2.45, 2.75) is 45.6 Å². The van der Waals surface area contributed by atoms with Gasteiger partial charge in [0.15, 0.2) is 5.78 Å². The molecular formula is C25H27N2O2. The van der Waals surface area contributed by atoms with Gasteiger partial charge in [0.2, 0.25) is 0 Å². The van der Waals surface area contributed by atoms with Crippen molar-refractivity contribution >= 4 is 17.5 Å². The minimum atomic E-state index is -0.190. The number of hydrogen-bond acceptors (Lipinski definition) is 2. The molecule has 1 aliphatic carbocycles. The molecule has 0 saturated carbocycles. The lowest BCUT2D eigenvalue weighted by molar-refractivity contribution is -0.118. The molecule has 1 aliphatic heterocycles. The van der Waals surface area contributed by atoms with Crippen LogP contribution in [0.3, 0.4) is 0 Å². The Hall–Kier alpha value is -2.88. The predicted octanol–water partition coefficient (Wildman–Crippen LogP) is 5.55. The van der Waals surface area contributed by atoms with Gasteiger partial charge in [0.05, 0.1) is 0 Å². The van der Waals surface area contributed by atoms with E-state index in [0.29, 0.717) is 12.8 Å². The van der Waals surface area contributed by atoms with Crippen molar-refractivity contribution < 1.29 is 9.59 Å². The molecule has 0 bridgehead atoms. The average Bonchev–Trinajstić information content (AvgIpc) is 2.67. The Bertz CT molecular complexity index is 947. The van der Waals surface area contributed by atoms with Crippen molar-refractivity contribution in [3.63, 3.8) is 0 Å². The lowest BCUT2D eigenvalue weighted by Gasteiger charge is -2.46. The highest BCUT2D eigenvalue weighted by atomic mass is 16.2. The number of ketones is 1. The summed E-state index contributed by atoms with van der Waals surface area (Å²) in [5.41, 5.74) is 3.32.